The summed E-state index contributed by atoms with van der Waals surface area (Å²) in [5.74, 6) is -0.147. The van der Waals surface area contributed by atoms with Gasteiger partial charge in [0.25, 0.3) is 0 Å². The molecule has 2 rings (SSSR count). The molecule has 1 aromatic rings. The number of nitrogens with two attached hydrogens (primary N) is 1. The molecule has 0 heterocycles. The van der Waals surface area contributed by atoms with Crippen molar-refractivity contribution in [1.82, 2.24) is 0 Å². The van der Waals surface area contributed by atoms with Gasteiger partial charge in [-0.1, -0.05) is 12.1 Å². The summed E-state index contributed by atoms with van der Waals surface area (Å²) < 4.78 is 42.9. The van der Waals surface area contributed by atoms with Crippen LogP contribution in [0.2, 0.25) is 0 Å². The van der Waals surface area contributed by atoms with Gasteiger partial charge in [-0.25, -0.2) is 0 Å². The highest BCUT2D eigenvalue weighted by atomic mass is 19.4. The fraction of sp³-hybridized carbons (Fsp3) is 0.455. The molecule has 0 aromatic heterocycles. The van der Waals surface area contributed by atoms with Gasteiger partial charge >= 0.3 is 6.18 Å². The molecule has 2 N–H and O–H groups in total. The van der Waals surface area contributed by atoms with E-state index in [9.17, 15) is 13.2 Å². The highest BCUT2D eigenvalue weighted by Crippen LogP contribution is 2.38. The number of para-hydroxylation sites is 1. The van der Waals surface area contributed by atoms with Crippen LogP contribution in [0.5, 0.6) is 5.75 Å². The second kappa shape index (κ2) is 3.66. The zero-order valence-corrected chi connectivity index (χ0v) is 8.55. The summed E-state index contributed by atoms with van der Waals surface area (Å²) in [6.45, 7) is 0.139. The first-order valence-corrected chi connectivity index (χ1v) is 4.99. The number of ether oxygens (including phenoxy) is 1. The van der Waals surface area contributed by atoms with Crippen molar-refractivity contribution in [3.63, 3.8) is 0 Å². The van der Waals surface area contributed by atoms with Gasteiger partial charge in [-0.3, -0.25) is 0 Å². The third-order valence-electron chi connectivity index (χ3n) is 2.60. The largest absolute Gasteiger partial charge is 0.491 e. The van der Waals surface area contributed by atoms with Crippen LogP contribution in [-0.4, -0.2) is 12.1 Å². The summed E-state index contributed by atoms with van der Waals surface area (Å²) >= 11 is 0. The minimum absolute atomic E-state index is 0.139. The van der Waals surface area contributed by atoms with E-state index >= 15 is 0 Å². The summed E-state index contributed by atoms with van der Waals surface area (Å²) in [7, 11) is 0. The molecule has 0 spiro atoms. The van der Waals surface area contributed by atoms with E-state index in [1.165, 1.54) is 18.2 Å². The lowest BCUT2D eigenvalue weighted by Gasteiger charge is -2.15. The van der Waals surface area contributed by atoms with E-state index in [0.29, 0.717) is 0 Å². The highest BCUT2D eigenvalue weighted by Gasteiger charge is 2.40. The number of hydrogen-bond acceptors (Lipinski definition) is 2. The second-order valence-electron chi connectivity index (χ2n) is 4.14. The minimum atomic E-state index is -4.39. The van der Waals surface area contributed by atoms with Crippen LogP contribution in [0.25, 0.3) is 0 Å². The van der Waals surface area contributed by atoms with Crippen molar-refractivity contribution in [2.45, 2.75) is 24.6 Å². The number of halogens is 3. The monoisotopic (exact) mass is 231 g/mol. The molecule has 1 aliphatic rings. The smallest absolute Gasteiger partial charge is 0.419 e. The molecule has 0 unspecified atom stereocenters. The molecule has 88 valence electrons. The van der Waals surface area contributed by atoms with E-state index in [0.717, 1.165) is 18.9 Å². The Hall–Kier alpha value is -1.23. The van der Waals surface area contributed by atoms with Gasteiger partial charge in [-0.2, -0.15) is 13.2 Å². The fourth-order valence-corrected chi connectivity index (χ4v) is 1.35. The van der Waals surface area contributed by atoms with E-state index < -0.39 is 17.3 Å². The molecule has 2 nitrogen and oxygen atoms in total. The molecule has 0 amide bonds. The Morgan fingerprint density at radius 3 is 2.44 bits per heavy atom. The van der Waals surface area contributed by atoms with Crippen molar-refractivity contribution in [1.29, 1.82) is 0 Å². The summed E-state index contributed by atoms with van der Waals surface area (Å²) in [5, 5.41) is 0. The first-order valence-electron chi connectivity index (χ1n) is 4.99. The van der Waals surface area contributed by atoms with Gasteiger partial charge in [0.1, 0.15) is 12.4 Å². The van der Waals surface area contributed by atoms with Crippen LogP contribution in [0.15, 0.2) is 24.3 Å². The molecular formula is C11H12F3NO. The Labute approximate surface area is 91.2 Å². The van der Waals surface area contributed by atoms with Gasteiger partial charge in [0.15, 0.2) is 0 Å². The molecule has 1 fully saturated rings. The lowest BCUT2D eigenvalue weighted by Crippen LogP contribution is -2.30. The maximum Gasteiger partial charge on any atom is 0.419 e. The molecule has 0 atom stereocenters. The fourth-order valence-electron chi connectivity index (χ4n) is 1.35. The van der Waals surface area contributed by atoms with Crippen LogP contribution in [-0.2, 0) is 6.18 Å². The second-order valence-corrected chi connectivity index (χ2v) is 4.14. The standard InChI is InChI=1S/C11H12F3NO/c12-11(13,14)8-3-1-2-4-9(8)16-7-10(15)5-6-10/h1-4H,5-7,15H2. The molecule has 0 aliphatic heterocycles. The molecule has 5 heteroatoms. The summed E-state index contributed by atoms with van der Waals surface area (Å²) in [5.41, 5.74) is 4.58. The highest BCUT2D eigenvalue weighted by molar-refractivity contribution is 5.35. The topological polar surface area (TPSA) is 35.2 Å². The Morgan fingerprint density at radius 2 is 1.88 bits per heavy atom. The van der Waals surface area contributed by atoms with Crippen molar-refractivity contribution < 1.29 is 17.9 Å². The predicted octanol–water partition coefficient (Wildman–Crippen LogP) is 2.58. The Kier molecular flexibility index (Phi) is 2.58. The van der Waals surface area contributed by atoms with E-state index in [1.54, 1.807) is 0 Å². The molecule has 1 aromatic carbocycles. The van der Waals surface area contributed by atoms with E-state index in [2.05, 4.69) is 0 Å². The average molecular weight is 231 g/mol. The first-order chi connectivity index (χ1) is 7.41. The molecule has 0 radical (unpaired) electrons. The van der Waals surface area contributed by atoms with Crippen LogP contribution < -0.4 is 10.5 Å². The number of alkyl halides is 3. The van der Waals surface area contributed by atoms with E-state index in [1.807, 2.05) is 0 Å². The summed E-state index contributed by atoms with van der Waals surface area (Å²) in [4.78, 5) is 0. The number of benzene rings is 1. The van der Waals surface area contributed by atoms with Crippen molar-refractivity contribution in [3.8, 4) is 5.75 Å². The summed E-state index contributed by atoms with van der Waals surface area (Å²) in [6, 6.07) is 5.17. The lowest BCUT2D eigenvalue weighted by atomic mass is 10.2. The molecule has 1 aliphatic carbocycles. The quantitative estimate of drug-likeness (QED) is 0.867. The van der Waals surface area contributed by atoms with Crippen molar-refractivity contribution in [2.24, 2.45) is 5.73 Å². The van der Waals surface area contributed by atoms with Crippen molar-refractivity contribution >= 4 is 0 Å². The molecule has 16 heavy (non-hydrogen) atoms. The maximum atomic E-state index is 12.6. The lowest BCUT2D eigenvalue weighted by molar-refractivity contribution is -0.139. The van der Waals surface area contributed by atoms with Crippen LogP contribution >= 0.6 is 0 Å². The zero-order valence-electron chi connectivity index (χ0n) is 8.55. The Balaban J connectivity index is 2.13. The third kappa shape index (κ3) is 2.47. The summed E-state index contributed by atoms with van der Waals surface area (Å²) in [6.07, 6.45) is -2.77. The molecule has 0 saturated heterocycles. The SMILES string of the molecule is NC1(COc2ccccc2C(F)(F)F)CC1. The molecule has 1 saturated carbocycles. The normalized spacial score (nSPS) is 18.2. The van der Waals surface area contributed by atoms with Crippen LogP contribution in [0.3, 0.4) is 0 Å². The Bertz CT molecular complexity index is 385. The number of rotatable bonds is 3. The predicted molar refractivity (Wildman–Crippen MR) is 53.1 cm³/mol. The molecular weight excluding hydrogens is 219 g/mol. The van der Waals surface area contributed by atoms with E-state index in [-0.39, 0.29) is 12.4 Å². The zero-order chi connectivity index (χ0) is 11.8. The van der Waals surface area contributed by atoms with Gasteiger partial charge in [-0.05, 0) is 25.0 Å². The maximum absolute atomic E-state index is 12.6. The van der Waals surface area contributed by atoms with Gasteiger partial charge < -0.3 is 10.5 Å². The molecule has 0 bridgehead atoms. The van der Waals surface area contributed by atoms with Crippen molar-refractivity contribution in [2.75, 3.05) is 6.61 Å². The average Bonchev–Trinajstić information content (AvgIpc) is 2.94. The third-order valence-corrected chi connectivity index (χ3v) is 2.60. The first kappa shape index (κ1) is 11.3. The van der Waals surface area contributed by atoms with Gasteiger partial charge in [0, 0.05) is 0 Å². The van der Waals surface area contributed by atoms with Crippen LogP contribution in [0.4, 0.5) is 13.2 Å². The van der Waals surface area contributed by atoms with Gasteiger partial charge in [0.2, 0.25) is 0 Å². The minimum Gasteiger partial charge on any atom is -0.491 e. The van der Waals surface area contributed by atoms with Crippen LogP contribution in [0, 0.1) is 0 Å². The van der Waals surface area contributed by atoms with Crippen LogP contribution in [0.1, 0.15) is 18.4 Å². The van der Waals surface area contributed by atoms with E-state index in [4.69, 9.17) is 10.5 Å². The Morgan fingerprint density at radius 1 is 1.25 bits per heavy atom. The van der Waals surface area contributed by atoms with Gasteiger partial charge in [-0.15, -0.1) is 0 Å². The van der Waals surface area contributed by atoms with Gasteiger partial charge in [0.05, 0.1) is 11.1 Å². The van der Waals surface area contributed by atoms with Crippen molar-refractivity contribution in [3.05, 3.63) is 29.8 Å². The number of hydrogen-bond donors (Lipinski definition) is 1.